The van der Waals surface area contributed by atoms with Crippen molar-refractivity contribution >= 4 is 92.3 Å². The van der Waals surface area contributed by atoms with E-state index in [0.29, 0.717) is 0 Å². The largest absolute Gasteiger partial charge is 0.494 e. The molecule has 10 heteroatoms. The van der Waals surface area contributed by atoms with E-state index in [1.165, 1.54) is 106 Å². The molecule has 16 aromatic carbocycles. The zero-order valence-corrected chi connectivity index (χ0v) is 76.5. The van der Waals surface area contributed by atoms with Crippen molar-refractivity contribution in [2.75, 3.05) is 14.7 Å². The highest BCUT2D eigenvalue weighted by atomic mass is 79.9. The van der Waals surface area contributed by atoms with Crippen LogP contribution in [0.3, 0.4) is 0 Å². The highest BCUT2D eigenvalue weighted by Gasteiger charge is 2.53. The summed E-state index contributed by atoms with van der Waals surface area (Å²) in [6.07, 6.45) is 0. The van der Waals surface area contributed by atoms with Crippen LogP contribution in [0, 0.1) is 0 Å². The monoisotopic (exact) mass is 1720 g/mol. The Morgan fingerprint density at radius 3 is 0.709 bits per heavy atom. The van der Waals surface area contributed by atoms with E-state index in [2.05, 4.69) is 516 Å². The summed E-state index contributed by atoms with van der Waals surface area (Å²) in [5.74, 6) is 0. The first-order valence-corrected chi connectivity index (χ1v) is 45.3. The third kappa shape index (κ3) is 15.7. The standard InChI is InChI=1S/C66H52N2.C27H22BrN.C24H32B2O4/c1-65(2)61-27-13-11-25-57(61)59-39-37-55(43-63(59)65)67(51-19-7-5-8-20-51)53-23-15-17-49(41-53)47-33-29-45(30-34-47)46-31-35-48(36-32-46)50-18-16-24-54(42-50)68(52-21-9-6-10-22-52)56-38-40-60-58-26-12-14-28-62(58)66(3,4)64(60)44-56;1-27(2)25-14-7-6-13-23(25)24-16-15-22(18-26(24)27)29(20-10-4-3-5-11-20)21-12-8-9-19(28)17-21;1-21(2)22(3,4)28-25(27-21)19-13-9-17(10-14-19)18-11-15-20(16-12-18)26-29-23(5,6)24(7,8)30-26/h5-44H,1-4H3;3-18H,1-2H3;9-16H,1-8H3. The van der Waals surface area contributed by atoms with Crippen LogP contribution in [-0.4, -0.2) is 36.6 Å². The summed E-state index contributed by atoms with van der Waals surface area (Å²) in [6, 6.07) is 141. The average molecular weight is 1720 g/mol. The second kappa shape index (κ2) is 33.0. The normalized spacial score (nSPS) is 16.0. The lowest BCUT2D eigenvalue weighted by molar-refractivity contribution is 0.00578. The van der Waals surface area contributed by atoms with Gasteiger partial charge in [-0.1, -0.05) is 330 Å². The van der Waals surface area contributed by atoms with Gasteiger partial charge in [0.15, 0.2) is 0 Å². The first-order chi connectivity index (χ1) is 61.1. The van der Waals surface area contributed by atoms with Crippen LogP contribution in [0.25, 0.3) is 77.9 Å². The molecular formula is C117H106B2BrN3O4. The maximum Gasteiger partial charge on any atom is 0.494 e. The van der Waals surface area contributed by atoms with Crippen molar-refractivity contribution in [3.63, 3.8) is 0 Å². The molecule has 0 aromatic heterocycles. The molecule has 0 N–H and O–H groups in total. The minimum Gasteiger partial charge on any atom is -0.399 e. The van der Waals surface area contributed by atoms with Gasteiger partial charge in [-0.2, -0.15) is 0 Å². The van der Waals surface area contributed by atoms with Gasteiger partial charge in [0, 0.05) is 71.9 Å². The number of hydrogen-bond donors (Lipinski definition) is 0. The van der Waals surface area contributed by atoms with Crippen molar-refractivity contribution in [1.29, 1.82) is 0 Å². The third-order valence-corrected chi connectivity index (χ3v) is 28.3. The van der Waals surface area contributed by atoms with Crippen LogP contribution in [0.15, 0.2) is 393 Å². The first-order valence-electron chi connectivity index (χ1n) is 44.5. The van der Waals surface area contributed by atoms with Gasteiger partial charge in [0.2, 0.25) is 0 Å². The van der Waals surface area contributed by atoms with E-state index < -0.39 is 0 Å². The van der Waals surface area contributed by atoms with E-state index in [1.54, 1.807) is 0 Å². The number of benzene rings is 16. The van der Waals surface area contributed by atoms with E-state index in [4.69, 9.17) is 18.6 Å². The predicted molar refractivity (Wildman–Crippen MR) is 537 cm³/mol. The number of halogens is 1. The summed E-state index contributed by atoms with van der Waals surface area (Å²) < 4.78 is 25.7. The van der Waals surface area contributed by atoms with E-state index in [0.717, 1.165) is 72.0 Å². The maximum atomic E-state index is 6.15. The number of rotatable bonds is 15. The maximum absolute atomic E-state index is 6.15. The van der Waals surface area contributed by atoms with Gasteiger partial charge in [-0.25, -0.2) is 0 Å². The predicted octanol–water partition coefficient (Wildman–Crippen LogP) is 30.4. The number of nitrogens with zero attached hydrogens (tertiary/aromatic N) is 3. The minimum atomic E-state index is -0.338. The highest BCUT2D eigenvalue weighted by molar-refractivity contribution is 9.10. The summed E-state index contributed by atoms with van der Waals surface area (Å²) in [5.41, 5.74) is 36.6. The smallest absolute Gasteiger partial charge is 0.399 e. The molecule has 2 aliphatic heterocycles. The van der Waals surface area contributed by atoms with Gasteiger partial charge in [-0.3, -0.25) is 0 Å². The Balaban J connectivity index is 0.000000146. The van der Waals surface area contributed by atoms with Crippen LogP contribution >= 0.6 is 15.9 Å². The van der Waals surface area contributed by atoms with Gasteiger partial charge >= 0.3 is 14.2 Å². The van der Waals surface area contributed by atoms with Crippen LogP contribution in [0.1, 0.15) is 130 Å². The molecule has 5 aliphatic rings. The molecule has 2 fully saturated rings. The zero-order chi connectivity index (χ0) is 87.9. The lowest BCUT2D eigenvalue weighted by atomic mass is 9.77. The van der Waals surface area contributed by atoms with Gasteiger partial charge in [0.25, 0.3) is 0 Å². The molecule has 7 nitrogen and oxygen atoms in total. The van der Waals surface area contributed by atoms with Crippen molar-refractivity contribution in [3.05, 3.63) is 426 Å². The van der Waals surface area contributed by atoms with Gasteiger partial charge in [-0.05, 0) is 293 Å². The number of para-hydroxylation sites is 3. The molecule has 0 bridgehead atoms. The molecule has 2 heterocycles. The Labute approximate surface area is 759 Å². The quantitative estimate of drug-likeness (QED) is 0.0948. The summed E-state index contributed by atoms with van der Waals surface area (Å²) >= 11 is 3.64. The lowest BCUT2D eigenvalue weighted by Crippen LogP contribution is -2.41. The fourth-order valence-corrected chi connectivity index (χ4v) is 19.6. The Morgan fingerprint density at radius 1 is 0.189 bits per heavy atom. The number of anilines is 9. The molecule has 127 heavy (non-hydrogen) atoms. The Morgan fingerprint density at radius 2 is 0.417 bits per heavy atom. The van der Waals surface area contributed by atoms with Crippen molar-refractivity contribution in [1.82, 2.24) is 0 Å². The summed E-state index contributed by atoms with van der Waals surface area (Å²) in [6.45, 7) is 30.6. The van der Waals surface area contributed by atoms with Crippen molar-refractivity contribution in [2.24, 2.45) is 0 Å². The van der Waals surface area contributed by atoms with Crippen molar-refractivity contribution < 1.29 is 18.6 Å². The van der Waals surface area contributed by atoms with Crippen LogP contribution in [-0.2, 0) is 34.9 Å². The molecule has 0 atom stereocenters. The number of fused-ring (bicyclic) bond motifs is 9. The van der Waals surface area contributed by atoms with Crippen molar-refractivity contribution in [2.45, 2.75) is 136 Å². The molecular weight excluding hydrogens is 1610 g/mol. The molecule has 626 valence electrons. The molecule has 16 aromatic rings. The Hall–Kier alpha value is -12.6. The number of hydrogen-bond acceptors (Lipinski definition) is 7. The molecule has 21 rings (SSSR count). The van der Waals surface area contributed by atoms with E-state index in [9.17, 15) is 0 Å². The van der Waals surface area contributed by atoms with E-state index in [-0.39, 0.29) is 52.9 Å². The molecule has 0 saturated carbocycles. The lowest BCUT2D eigenvalue weighted by Gasteiger charge is -2.32. The molecule has 0 unspecified atom stereocenters. The van der Waals surface area contributed by atoms with Gasteiger partial charge < -0.3 is 33.3 Å². The molecule has 0 amide bonds. The highest BCUT2D eigenvalue weighted by Crippen LogP contribution is 2.55. The van der Waals surface area contributed by atoms with Crippen LogP contribution in [0.2, 0.25) is 0 Å². The van der Waals surface area contributed by atoms with Crippen LogP contribution in [0.4, 0.5) is 51.2 Å². The van der Waals surface area contributed by atoms with Crippen LogP contribution in [0.5, 0.6) is 0 Å². The molecule has 0 radical (unpaired) electrons. The Kier molecular flexibility index (Phi) is 21.8. The van der Waals surface area contributed by atoms with Crippen LogP contribution < -0.4 is 25.6 Å². The average Bonchev–Trinajstić information content (AvgIpc) is 1.59. The summed E-state index contributed by atoms with van der Waals surface area (Å²) in [7, 11) is -0.676. The van der Waals surface area contributed by atoms with E-state index >= 15 is 0 Å². The minimum absolute atomic E-state index is 0.0123. The van der Waals surface area contributed by atoms with Gasteiger partial charge in [0.1, 0.15) is 0 Å². The fraction of sp³-hybridized carbons (Fsp3) is 0.179. The first kappa shape index (κ1) is 83.9. The fourth-order valence-electron chi connectivity index (χ4n) is 19.2. The SMILES string of the molecule is CC1(C)OB(c2ccc(-c3ccc(B4OC(C)(C)C(C)(C)O4)cc3)cc2)OC1(C)C.CC1(C)c2ccccc2-c2ccc(N(c3ccccc3)c3cccc(-c4ccc(-c5ccc(-c6cccc(N(c7ccccc7)c7ccc8c(c7)C(C)(C)c7ccccc7-8)c6)cc5)cc4)c3)cc21.CC1(C)c2ccccc2-c2ccc(N(c3ccccc3)c3cccc(Br)c3)cc21. The second-order valence-corrected chi connectivity index (χ2v) is 38.8. The zero-order valence-electron chi connectivity index (χ0n) is 75.0. The third-order valence-electron chi connectivity index (χ3n) is 27.8. The van der Waals surface area contributed by atoms with Crippen molar-refractivity contribution in [3.8, 4) is 77.9 Å². The summed E-state index contributed by atoms with van der Waals surface area (Å²) in [4.78, 5) is 7.10. The molecule has 2 saturated heterocycles. The molecule has 0 spiro atoms. The second-order valence-electron chi connectivity index (χ2n) is 37.9. The summed E-state index contributed by atoms with van der Waals surface area (Å²) in [5, 5.41) is 0. The van der Waals surface area contributed by atoms with E-state index in [1.807, 2.05) is 0 Å². The topological polar surface area (TPSA) is 46.6 Å². The van der Waals surface area contributed by atoms with Gasteiger partial charge in [-0.15, -0.1) is 0 Å². The van der Waals surface area contributed by atoms with Gasteiger partial charge in [0.05, 0.1) is 22.4 Å². The molecule has 3 aliphatic carbocycles. The Bertz CT molecular complexity index is 6420.